The minimum atomic E-state index is 0.866. The minimum Gasteiger partial charge on any atom is -0.296 e. The van der Waals surface area contributed by atoms with Crippen molar-refractivity contribution in [3.63, 3.8) is 0 Å². The summed E-state index contributed by atoms with van der Waals surface area (Å²) in [7, 11) is 1.97. The minimum absolute atomic E-state index is 0.866. The molecule has 0 N–H and O–H groups in total. The van der Waals surface area contributed by atoms with Crippen molar-refractivity contribution < 1.29 is 0 Å². The molecule has 0 heterocycles. The number of hydrogen-bond acceptors (Lipinski definition) is 2. The summed E-state index contributed by atoms with van der Waals surface area (Å²) in [5.74, 6) is 0. The maximum absolute atomic E-state index is 4.13. The quantitative estimate of drug-likeness (QED) is 0.491. The summed E-state index contributed by atoms with van der Waals surface area (Å²) in [5, 5.41) is 6.04. The van der Waals surface area contributed by atoms with Gasteiger partial charge in [0.25, 0.3) is 0 Å². The van der Waals surface area contributed by atoms with Gasteiger partial charge >= 0.3 is 0 Å². The van der Waals surface area contributed by atoms with E-state index in [4.69, 9.17) is 0 Å². The van der Waals surface area contributed by atoms with Crippen LogP contribution in [-0.4, -0.2) is 18.3 Å². The SMILES string of the molecule is C/C=N\N(C)Cc1ccccc1. The summed E-state index contributed by atoms with van der Waals surface area (Å²) in [6, 6.07) is 10.3. The van der Waals surface area contributed by atoms with Crippen molar-refractivity contribution in [2.75, 3.05) is 7.05 Å². The van der Waals surface area contributed by atoms with Gasteiger partial charge in [-0.1, -0.05) is 30.3 Å². The molecule has 0 aliphatic rings. The lowest BCUT2D eigenvalue weighted by atomic mass is 10.2. The van der Waals surface area contributed by atoms with E-state index in [1.54, 1.807) is 6.21 Å². The molecule has 0 unspecified atom stereocenters. The predicted molar refractivity (Wildman–Crippen MR) is 52.1 cm³/mol. The average molecular weight is 162 g/mol. The van der Waals surface area contributed by atoms with Crippen LogP contribution in [0.15, 0.2) is 35.4 Å². The standard InChI is InChI=1S/C10H14N2/c1-3-11-12(2)9-10-7-5-4-6-8-10/h3-8H,9H2,1-2H3/b11-3-. The van der Waals surface area contributed by atoms with Crippen LogP contribution < -0.4 is 0 Å². The number of rotatable bonds is 3. The van der Waals surface area contributed by atoms with E-state index >= 15 is 0 Å². The van der Waals surface area contributed by atoms with Crippen LogP contribution in [0.25, 0.3) is 0 Å². The molecule has 0 saturated carbocycles. The molecule has 0 atom stereocenters. The van der Waals surface area contributed by atoms with E-state index in [0.717, 1.165) is 6.54 Å². The van der Waals surface area contributed by atoms with Crippen LogP contribution in [0.4, 0.5) is 0 Å². The first-order valence-electron chi connectivity index (χ1n) is 4.06. The van der Waals surface area contributed by atoms with Crippen molar-refractivity contribution in [3.8, 4) is 0 Å². The van der Waals surface area contributed by atoms with Gasteiger partial charge in [0, 0.05) is 13.3 Å². The molecule has 2 heteroatoms. The zero-order valence-corrected chi connectivity index (χ0v) is 7.57. The predicted octanol–water partition coefficient (Wildman–Crippen LogP) is 2.12. The van der Waals surface area contributed by atoms with Gasteiger partial charge in [-0.3, -0.25) is 5.01 Å². The summed E-state index contributed by atoms with van der Waals surface area (Å²) in [5.41, 5.74) is 1.28. The first-order valence-corrected chi connectivity index (χ1v) is 4.06. The lowest BCUT2D eigenvalue weighted by Crippen LogP contribution is -2.09. The van der Waals surface area contributed by atoms with Crippen LogP contribution in [0.1, 0.15) is 12.5 Å². The summed E-state index contributed by atoms with van der Waals surface area (Å²) in [6.07, 6.45) is 1.79. The van der Waals surface area contributed by atoms with Gasteiger partial charge in [0.05, 0.1) is 6.54 Å². The Morgan fingerprint density at radius 2 is 2.00 bits per heavy atom. The number of benzene rings is 1. The van der Waals surface area contributed by atoms with Gasteiger partial charge in [-0.25, -0.2) is 0 Å². The van der Waals surface area contributed by atoms with Crippen LogP contribution in [0.2, 0.25) is 0 Å². The molecule has 12 heavy (non-hydrogen) atoms. The van der Waals surface area contributed by atoms with Crippen molar-refractivity contribution in [2.45, 2.75) is 13.5 Å². The average Bonchev–Trinajstić information content (AvgIpc) is 2.06. The topological polar surface area (TPSA) is 15.6 Å². The Morgan fingerprint density at radius 3 is 2.58 bits per heavy atom. The van der Waals surface area contributed by atoms with E-state index in [-0.39, 0.29) is 0 Å². The maximum atomic E-state index is 4.13. The molecule has 1 aromatic carbocycles. The molecule has 0 aliphatic heterocycles. The molecule has 2 nitrogen and oxygen atoms in total. The van der Waals surface area contributed by atoms with Gasteiger partial charge in [0.1, 0.15) is 0 Å². The Kier molecular flexibility index (Phi) is 3.33. The molecule has 0 spiro atoms. The molecule has 0 aromatic heterocycles. The summed E-state index contributed by atoms with van der Waals surface area (Å²) in [4.78, 5) is 0. The van der Waals surface area contributed by atoms with Gasteiger partial charge in [0.15, 0.2) is 0 Å². The lowest BCUT2D eigenvalue weighted by molar-refractivity contribution is 0.348. The third kappa shape index (κ3) is 2.74. The Morgan fingerprint density at radius 1 is 1.33 bits per heavy atom. The Balaban J connectivity index is 2.52. The largest absolute Gasteiger partial charge is 0.296 e. The van der Waals surface area contributed by atoms with Crippen molar-refractivity contribution in [1.29, 1.82) is 0 Å². The molecule has 0 saturated heterocycles. The van der Waals surface area contributed by atoms with E-state index in [9.17, 15) is 0 Å². The smallest absolute Gasteiger partial charge is 0.0607 e. The van der Waals surface area contributed by atoms with Crippen molar-refractivity contribution in [2.24, 2.45) is 5.10 Å². The highest BCUT2D eigenvalue weighted by Gasteiger charge is 1.93. The van der Waals surface area contributed by atoms with Crippen molar-refractivity contribution in [1.82, 2.24) is 5.01 Å². The second-order valence-corrected chi connectivity index (χ2v) is 2.68. The molecule has 64 valence electrons. The fourth-order valence-corrected chi connectivity index (χ4v) is 1.09. The third-order valence-corrected chi connectivity index (χ3v) is 1.57. The first-order chi connectivity index (χ1) is 5.83. The molecule has 1 rings (SSSR count). The number of nitrogens with zero attached hydrogens (tertiary/aromatic N) is 2. The molecule has 1 aromatic rings. The van der Waals surface area contributed by atoms with Gasteiger partial charge in [-0.15, -0.1) is 0 Å². The van der Waals surface area contributed by atoms with Crippen LogP contribution in [0, 0.1) is 0 Å². The third-order valence-electron chi connectivity index (χ3n) is 1.57. The first kappa shape index (κ1) is 8.78. The molecule has 0 radical (unpaired) electrons. The molecular weight excluding hydrogens is 148 g/mol. The second-order valence-electron chi connectivity index (χ2n) is 2.68. The van der Waals surface area contributed by atoms with Gasteiger partial charge in [0.2, 0.25) is 0 Å². The molecule has 0 bridgehead atoms. The van der Waals surface area contributed by atoms with Crippen LogP contribution in [0.5, 0.6) is 0 Å². The normalized spacial score (nSPS) is 10.5. The Bertz CT molecular complexity index is 241. The zero-order chi connectivity index (χ0) is 8.81. The molecule has 0 amide bonds. The lowest BCUT2D eigenvalue weighted by Gasteiger charge is -2.11. The number of hydrogen-bond donors (Lipinski definition) is 0. The molecular formula is C10H14N2. The fraction of sp³-hybridized carbons (Fsp3) is 0.300. The van der Waals surface area contributed by atoms with Crippen LogP contribution >= 0.6 is 0 Å². The van der Waals surface area contributed by atoms with Crippen molar-refractivity contribution in [3.05, 3.63) is 35.9 Å². The van der Waals surface area contributed by atoms with E-state index in [1.807, 2.05) is 37.2 Å². The Hall–Kier alpha value is -1.31. The fourth-order valence-electron chi connectivity index (χ4n) is 1.09. The second kappa shape index (κ2) is 4.54. The monoisotopic (exact) mass is 162 g/mol. The zero-order valence-electron chi connectivity index (χ0n) is 7.57. The van der Waals surface area contributed by atoms with Crippen LogP contribution in [0.3, 0.4) is 0 Å². The van der Waals surface area contributed by atoms with Gasteiger partial charge < -0.3 is 0 Å². The Labute approximate surface area is 73.5 Å². The summed E-state index contributed by atoms with van der Waals surface area (Å²) >= 11 is 0. The summed E-state index contributed by atoms with van der Waals surface area (Å²) in [6.45, 7) is 2.78. The van der Waals surface area contributed by atoms with E-state index in [2.05, 4.69) is 17.2 Å². The van der Waals surface area contributed by atoms with Gasteiger partial charge in [-0.05, 0) is 12.5 Å². The number of hydrazone groups is 1. The van der Waals surface area contributed by atoms with Crippen LogP contribution in [-0.2, 0) is 6.54 Å². The maximum Gasteiger partial charge on any atom is 0.0607 e. The van der Waals surface area contributed by atoms with Crippen molar-refractivity contribution >= 4 is 6.21 Å². The molecule has 0 aliphatic carbocycles. The van der Waals surface area contributed by atoms with E-state index in [0.29, 0.717) is 0 Å². The molecule has 0 fully saturated rings. The highest BCUT2D eigenvalue weighted by molar-refractivity contribution is 5.52. The van der Waals surface area contributed by atoms with Gasteiger partial charge in [-0.2, -0.15) is 5.10 Å². The van der Waals surface area contributed by atoms with E-state index in [1.165, 1.54) is 5.56 Å². The highest BCUT2D eigenvalue weighted by Crippen LogP contribution is 2.01. The highest BCUT2D eigenvalue weighted by atomic mass is 15.4. The van der Waals surface area contributed by atoms with E-state index < -0.39 is 0 Å². The summed E-state index contributed by atoms with van der Waals surface area (Å²) < 4.78 is 0.